The highest BCUT2D eigenvalue weighted by molar-refractivity contribution is 7.10. The Balaban J connectivity index is 2.58. The number of ether oxygens (including phenoxy) is 1. The molecule has 1 aromatic rings. The molecule has 16 heavy (non-hydrogen) atoms. The van der Waals surface area contributed by atoms with Crippen molar-refractivity contribution < 1.29 is 9.53 Å². The summed E-state index contributed by atoms with van der Waals surface area (Å²) in [5, 5.41) is 1.85. The number of rotatable bonds is 1. The molecule has 1 amide bonds. The van der Waals surface area contributed by atoms with Crippen LogP contribution in [0, 0.1) is 0 Å². The second kappa shape index (κ2) is 3.31. The summed E-state index contributed by atoms with van der Waals surface area (Å²) in [6.07, 6.45) is 0.744. The van der Waals surface area contributed by atoms with Crippen molar-refractivity contribution in [3.63, 3.8) is 0 Å². The number of hydrogen-bond acceptors (Lipinski definition) is 3. The van der Waals surface area contributed by atoms with E-state index in [1.807, 2.05) is 33.1 Å². The maximum absolute atomic E-state index is 11.3. The standard InChI is InChI=1S/C12H17NO2S/c1-11(2)5-7-8(10(13)14)6-16-9(7)12(3,4)15-11/h6H,5H2,1-4H3,(H2,13,14). The molecule has 0 radical (unpaired) electrons. The van der Waals surface area contributed by atoms with Crippen molar-refractivity contribution in [1.29, 1.82) is 0 Å². The van der Waals surface area contributed by atoms with Crippen molar-refractivity contribution in [1.82, 2.24) is 0 Å². The second-order valence-electron chi connectivity index (χ2n) is 5.37. The summed E-state index contributed by atoms with van der Waals surface area (Å²) in [4.78, 5) is 12.5. The summed E-state index contributed by atoms with van der Waals surface area (Å²) in [6, 6.07) is 0. The minimum atomic E-state index is -0.342. The van der Waals surface area contributed by atoms with Gasteiger partial charge in [0.2, 0.25) is 5.91 Å². The van der Waals surface area contributed by atoms with Crippen LogP contribution in [0.2, 0.25) is 0 Å². The molecule has 1 aliphatic rings. The van der Waals surface area contributed by atoms with Gasteiger partial charge in [-0.1, -0.05) is 0 Å². The largest absolute Gasteiger partial charge is 0.366 e. The summed E-state index contributed by atoms with van der Waals surface area (Å²) in [7, 11) is 0. The van der Waals surface area contributed by atoms with Crippen LogP contribution in [0.5, 0.6) is 0 Å². The Bertz CT molecular complexity index is 446. The quantitative estimate of drug-likeness (QED) is 0.818. The fourth-order valence-electron chi connectivity index (χ4n) is 2.47. The van der Waals surface area contributed by atoms with E-state index < -0.39 is 0 Å². The van der Waals surface area contributed by atoms with Gasteiger partial charge in [0.05, 0.1) is 16.8 Å². The number of hydrogen-bond donors (Lipinski definition) is 1. The lowest BCUT2D eigenvalue weighted by atomic mass is 9.86. The highest BCUT2D eigenvalue weighted by atomic mass is 32.1. The number of fused-ring (bicyclic) bond motifs is 1. The molecule has 88 valence electrons. The van der Waals surface area contributed by atoms with Gasteiger partial charge in [-0.2, -0.15) is 0 Å². The first-order valence-electron chi connectivity index (χ1n) is 5.34. The molecule has 2 N–H and O–H groups in total. The molecule has 1 aliphatic heterocycles. The molecular formula is C12H17NO2S. The zero-order chi connectivity index (χ0) is 12.1. The average Bonchev–Trinajstić information content (AvgIpc) is 2.43. The van der Waals surface area contributed by atoms with Crippen molar-refractivity contribution in [3.8, 4) is 0 Å². The van der Waals surface area contributed by atoms with Gasteiger partial charge in [-0.25, -0.2) is 0 Å². The van der Waals surface area contributed by atoms with Gasteiger partial charge in [-0.15, -0.1) is 11.3 Å². The summed E-state index contributed by atoms with van der Waals surface area (Å²) >= 11 is 1.56. The molecule has 2 rings (SSSR count). The highest BCUT2D eigenvalue weighted by Crippen LogP contribution is 2.44. The molecule has 0 aliphatic carbocycles. The van der Waals surface area contributed by atoms with E-state index in [0.29, 0.717) is 5.56 Å². The van der Waals surface area contributed by atoms with Gasteiger partial charge >= 0.3 is 0 Å². The molecular weight excluding hydrogens is 222 g/mol. The molecule has 0 bridgehead atoms. The molecule has 1 aromatic heterocycles. The van der Waals surface area contributed by atoms with Crippen molar-refractivity contribution in [2.45, 2.75) is 45.3 Å². The predicted octanol–water partition coefficient (Wildman–Crippen LogP) is 2.43. The lowest BCUT2D eigenvalue weighted by molar-refractivity contribution is -0.135. The monoisotopic (exact) mass is 239 g/mol. The third-order valence-corrected chi connectivity index (χ3v) is 4.17. The van der Waals surface area contributed by atoms with Gasteiger partial charge in [0.25, 0.3) is 0 Å². The van der Waals surface area contributed by atoms with Crippen molar-refractivity contribution in [3.05, 3.63) is 21.4 Å². The first kappa shape index (κ1) is 11.6. The smallest absolute Gasteiger partial charge is 0.249 e. The fraction of sp³-hybridized carbons (Fsp3) is 0.583. The first-order valence-corrected chi connectivity index (χ1v) is 6.22. The van der Waals surface area contributed by atoms with Crippen molar-refractivity contribution in [2.24, 2.45) is 5.73 Å². The fourth-order valence-corrected chi connectivity index (χ4v) is 3.61. The van der Waals surface area contributed by atoms with Crippen LogP contribution < -0.4 is 5.73 Å². The van der Waals surface area contributed by atoms with Crippen LogP contribution in [0.3, 0.4) is 0 Å². The second-order valence-corrected chi connectivity index (χ2v) is 6.25. The molecule has 0 saturated carbocycles. The van der Waals surface area contributed by atoms with Crippen LogP contribution in [-0.4, -0.2) is 11.5 Å². The first-order chi connectivity index (χ1) is 7.23. The number of nitrogens with two attached hydrogens (primary N) is 1. The van der Waals surface area contributed by atoms with Crippen LogP contribution in [-0.2, 0) is 16.8 Å². The molecule has 0 unspecified atom stereocenters. The van der Waals surface area contributed by atoms with E-state index in [0.717, 1.165) is 16.9 Å². The van der Waals surface area contributed by atoms with Crippen molar-refractivity contribution in [2.75, 3.05) is 0 Å². The number of amides is 1. The SMILES string of the molecule is CC1(C)Cc2c(C(N)=O)csc2C(C)(C)O1. The third kappa shape index (κ3) is 1.76. The van der Waals surface area contributed by atoms with E-state index in [-0.39, 0.29) is 17.1 Å². The Morgan fingerprint density at radius 3 is 2.62 bits per heavy atom. The summed E-state index contributed by atoms with van der Waals surface area (Å²) in [6.45, 7) is 8.16. The zero-order valence-electron chi connectivity index (χ0n) is 10.1. The van der Waals surface area contributed by atoms with E-state index in [1.165, 1.54) is 0 Å². The van der Waals surface area contributed by atoms with Gasteiger partial charge in [0.1, 0.15) is 0 Å². The molecule has 4 heteroatoms. The van der Waals surface area contributed by atoms with Gasteiger partial charge in [-0.05, 0) is 33.3 Å². The lowest BCUT2D eigenvalue weighted by Gasteiger charge is -2.41. The summed E-state index contributed by atoms with van der Waals surface area (Å²) in [5.41, 5.74) is 6.53. The minimum absolute atomic E-state index is 0.248. The van der Waals surface area contributed by atoms with E-state index >= 15 is 0 Å². The number of primary amides is 1. The van der Waals surface area contributed by atoms with Crippen LogP contribution in [0.1, 0.15) is 48.5 Å². The molecule has 0 saturated heterocycles. The van der Waals surface area contributed by atoms with Crippen LogP contribution in [0.15, 0.2) is 5.38 Å². The Hall–Kier alpha value is -0.870. The normalized spacial score (nSPS) is 21.5. The van der Waals surface area contributed by atoms with Gasteiger partial charge in [0, 0.05) is 16.7 Å². The van der Waals surface area contributed by atoms with E-state index in [4.69, 9.17) is 10.5 Å². The predicted molar refractivity (Wildman–Crippen MR) is 64.7 cm³/mol. The maximum atomic E-state index is 11.3. The Labute approximate surface area is 99.6 Å². The van der Waals surface area contributed by atoms with Gasteiger partial charge < -0.3 is 10.5 Å². The Morgan fingerprint density at radius 2 is 2.06 bits per heavy atom. The van der Waals surface area contributed by atoms with Gasteiger partial charge in [0.15, 0.2) is 0 Å². The Morgan fingerprint density at radius 1 is 1.44 bits per heavy atom. The van der Waals surface area contributed by atoms with Crippen LogP contribution in [0.4, 0.5) is 0 Å². The van der Waals surface area contributed by atoms with E-state index in [2.05, 4.69) is 0 Å². The van der Waals surface area contributed by atoms with E-state index in [9.17, 15) is 4.79 Å². The highest BCUT2D eigenvalue weighted by Gasteiger charge is 2.41. The molecule has 2 heterocycles. The molecule has 0 aromatic carbocycles. The number of carbonyl (C=O) groups is 1. The molecule has 3 nitrogen and oxygen atoms in total. The number of carbonyl (C=O) groups excluding carboxylic acids is 1. The van der Waals surface area contributed by atoms with Crippen LogP contribution >= 0.6 is 11.3 Å². The molecule has 0 fully saturated rings. The Kier molecular flexibility index (Phi) is 2.40. The zero-order valence-corrected chi connectivity index (χ0v) is 10.9. The lowest BCUT2D eigenvalue weighted by Crippen LogP contribution is -2.42. The summed E-state index contributed by atoms with van der Waals surface area (Å²) < 4.78 is 6.04. The van der Waals surface area contributed by atoms with Gasteiger partial charge in [-0.3, -0.25) is 4.79 Å². The van der Waals surface area contributed by atoms with E-state index in [1.54, 1.807) is 11.3 Å². The molecule has 0 spiro atoms. The van der Waals surface area contributed by atoms with Crippen LogP contribution in [0.25, 0.3) is 0 Å². The molecule has 0 atom stereocenters. The number of thiophene rings is 1. The van der Waals surface area contributed by atoms with Crippen molar-refractivity contribution >= 4 is 17.2 Å². The minimum Gasteiger partial charge on any atom is -0.366 e. The third-order valence-electron chi connectivity index (χ3n) is 2.84. The summed E-state index contributed by atoms with van der Waals surface area (Å²) in [5.74, 6) is -0.342. The topological polar surface area (TPSA) is 52.3 Å². The maximum Gasteiger partial charge on any atom is 0.249 e. The average molecular weight is 239 g/mol.